The summed E-state index contributed by atoms with van der Waals surface area (Å²) in [5, 5.41) is 15.4. The molecule has 1 aromatic carbocycles. The van der Waals surface area contributed by atoms with Crippen LogP contribution in [0.2, 0.25) is 10.0 Å². The number of nitrogens with zero attached hydrogens (tertiary/aromatic N) is 5. The Morgan fingerprint density at radius 3 is 2.77 bits per heavy atom. The summed E-state index contributed by atoms with van der Waals surface area (Å²) in [6, 6.07) is 5.04. The minimum absolute atomic E-state index is 0.0437. The Kier molecular flexibility index (Phi) is 4.44. The van der Waals surface area contributed by atoms with E-state index < -0.39 is 5.69 Å². The van der Waals surface area contributed by atoms with Crippen molar-refractivity contribution < 1.29 is 9.84 Å². The lowest BCUT2D eigenvalue weighted by Gasteiger charge is -2.05. The second kappa shape index (κ2) is 7.15. The number of aromatic nitrogens is 6. The third kappa shape index (κ3) is 3.62. The third-order valence-electron chi connectivity index (χ3n) is 4.34. The third-order valence-corrected chi connectivity index (χ3v) is 5.08. The molecule has 10 nitrogen and oxygen atoms in total. The van der Waals surface area contributed by atoms with E-state index in [-0.39, 0.29) is 23.6 Å². The summed E-state index contributed by atoms with van der Waals surface area (Å²) in [5.41, 5.74) is 0.393. The Morgan fingerprint density at radius 1 is 1.23 bits per heavy atom. The van der Waals surface area contributed by atoms with Crippen molar-refractivity contribution in [2.75, 3.05) is 0 Å². The van der Waals surface area contributed by atoms with Gasteiger partial charge in [-0.05, 0) is 31.1 Å². The smallest absolute Gasteiger partial charge is 0.327 e. The number of imidazole rings is 1. The monoisotopic (exact) mass is 445 g/mol. The van der Waals surface area contributed by atoms with Crippen LogP contribution in [0.4, 0.5) is 0 Å². The molecule has 0 bridgehead atoms. The maximum atomic E-state index is 11.4. The van der Waals surface area contributed by atoms with Gasteiger partial charge in [0.1, 0.15) is 11.4 Å². The summed E-state index contributed by atoms with van der Waals surface area (Å²) in [5.74, 6) is 0.118. The lowest BCUT2D eigenvalue weighted by atomic mass is 10.3. The van der Waals surface area contributed by atoms with Crippen LogP contribution in [0.15, 0.2) is 34.2 Å². The molecular formula is C18H13Cl2N7O3. The van der Waals surface area contributed by atoms with Crippen LogP contribution in [-0.2, 0) is 0 Å². The van der Waals surface area contributed by atoms with Crippen LogP contribution < -0.4 is 21.3 Å². The second-order valence-electron chi connectivity index (χ2n) is 6.67. The van der Waals surface area contributed by atoms with Gasteiger partial charge in [-0.1, -0.05) is 23.2 Å². The van der Waals surface area contributed by atoms with Crippen LogP contribution in [0.5, 0.6) is 17.6 Å². The molecule has 152 valence electrons. The SMILES string of the molecule is O=c1[nH]c(O)c(/C=c2\cnn3c(=NC4CC4)nc(Oc4ccc(Cl)c(Cl)c4)nc23)[nH]1. The Labute approximate surface area is 177 Å². The molecule has 0 spiro atoms. The number of benzene rings is 1. The van der Waals surface area contributed by atoms with Crippen LogP contribution in [0.3, 0.4) is 0 Å². The molecule has 30 heavy (non-hydrogen) atoms. The number of fused-ring (bicyclic) bond motifs is 1. The van der Waals surface area contributed by atoms with Crippen LogP contribution in [0, 0.1) is 0 Å². The lowest BCUT2D eigenvalue weighted by Crippen LogP contribution is -2.23. The molecule has 3 N–H and O–H groups in total. The van der Waals surface area contributed by atoms with Crippen LogP contribution in [0.25, 0.3) is 11.7 Å². The molecule has 1 aliphatic rings. The van der Waals surface area contributed by atoms with Gasteiger partial charge in [-0.15, -0.1) is 0 Å². The molecule has 4 aromatic rings. The van der Waals surface area contributed by atoms with Crippen molar-refractivity contribution in [1.29, 1.82) is 0 Å². The van der Waals surface area contributed by atoms with Gasteiger partial charge in [0.05, 0.1) is 22.3 Å². The molecule has 5 rings (SSSR count). The Hall–Kier alpha value is -3.37. The van der Waals surface area contributed by atoms with Gasteiger partial charge in [0.15, 0.2) is 5.65 Å². The zero-order chi connectivity index (χ0) is 20.8. The maximum absolute atomic E-state index is 11.4. The number of H-pyrrole nitrogens is 2. The van der Waals surface area contributed by atoms with Crippen molar-refractivity contribution >= 4 is 34.9 Å². The van der Waals surface area contributed by atoms with Crippen LogP contribution >= 0.6 is 23.2 Å². The zero-order valence-electron chi connectivity index (χ0n) is 15.1. The van der Waals surface area contributed by atoms with Gasteiger partial charge in [0.25, 0.3) is 5.62 Å². The molecule has 12 heteroatoms. The molecule has 1 fully saturated rings. The molecule has 0 saturated heterocycles. The first kappa shape index (κ1) is 18.6. The number of aromatic hydroxyl groups is 1. The number of rotatable bonds is 4. The molecular weight excluding hydrogens is 433 g/mol. The van der Waals surface area contributed by atoms with Gasteiger partial charge in [-0.3, -0.25) is 4.98 Å². The second-order valence-corrected chi connectivity index (χ2v) is 7.48. The number of ether oxygens (including phenoxy) is 1. The summed E-state index contributed by atoms with van der Waals surface area (Å²) >= 11 is 12.0. The number of aromatic amines is 2. The van der Waals surface area contributed by atoms with E-state index in [1.165, 1.54) is 16.8 Å². The van der Waals surface area contributed by atoms with Crippen molar-refractivity contribution in [3.8, 4) is 17.6 Å². The highest BCUT2D eigenvalue weighted by molar-refractivity contribution is 6.42. The highest BCUT2D eigenvalue weighted by Gasteiger charge is 2.21. The molecule has 0 atom stereocenters. The maximum Gasteiger partial charge on any atom is 0.327 e. The number of hydrogen-bond donors (Lipinski definition) is 3. The molecule has 0 unspecified atom stereocenters. The number of halogens is 2. The largest absolute Gasteiger partial charge is 0.493 e. The van der Waals surface area contributed by atoms with E-state index in [9.17, 15) is 9.90 Å². The summed E-state index contributed by atoms with van der Waals surface area (Å²) in [4.78, 5) is 29.5. The standard InChI is InChI=1S/C18H13Cl2N7O3/c19-11-4-3-10(6-12(11)20)30-18-24-14-8(5-13-15(28)25-17(29)23-13)7-21-27(14)16(26-18)22-9-1-2-9/h3-7,9,28H,1-2H2,(H2,23,25,29)/b8-5+,22-16?. The fourth-order valence-electron chi connectivity index (χ4n) is 2.75. The summed E-state index contributed by atoms with van der Waals surface area (Å²) in [7, 11) is 0. The molecule has 0 amide bonds. The van der Waals surface area contributed by atoms with Crippen molar-refractivity contribution in [2.45, 2.75) is 18.9 Å². The Balaban J connectivity index is 1.67. The Morgan fingerprint density at radius 2 is 2.07 bits per heavy atom. The van der Waals surface area contributed by atoms with Gasteiger partial charge >= 0.3 is 11.7 Å². The molecule has 0 radical (unpaired) electrons. The summed E-state index contributed by atoms with van der Waals surface area (Å²) in [6.45, 7) is 0. The van der Waals surface area contributed by atoms with Crippen LogP contribution in [0.1, 0.15) is 18.5 Å². The van der Waals surface area contributed by atoms with E-state index in [0.717, 1.165) is 12.8 Å². The van der Waals surface area contributed by atoms with E-state index >= 15 is 0 Å². The van der Waals surface area contributed by atoms with E-state index in [1.807, 2.05) is 0 Å². The zero-order valence-corrected chi connectivity index (χ0v) is 16.6. The Bertz CT molecular complexity index is 1450. The molecule has 3 aromatic heterocycles. The average Bonchev–Trinajstić information content (AvgIpc) is 3.34. The van der Waals surface area contributed by atoms with Crippen molar-refractivity contribution in [1.82, 2.24) is 29.5 Å². The highest BCUT2D eigenvalue weighted by atomic mass is 35.5. The average molecular weight is 446 g/mol. The van der Waals surface area contributed by atoms with E-state index in [1.54, 1.807) is 18.2 Å². The van der Waals surface area contributed by atoms with Gasteiger partial charge < -0.3 is 14.8 Å². The van der Waals surface area contributed by atoms with Gasteiger partial charge in [-0.2, -0.15) is 19.6 Å². The first-order chi connectivity index (χ1) is 14.5. The van der Waals surface area contributed by atoms with E-state index in [0.29, 0.717) is 32.3 Å². The van der Waals surface area contributed by atoms with Crippen molar-refractivity contribution in [3.63, 3.8) is 0 Å². The van der Waals surface area contributed by atoms with Crippen LogP contribution in [-0.4, -0.2) is 40.7 Å². The lowest BCUT2D eigenvalue weighted by molar-refractivity contribution is 0.435. The molecule has 1 aliphatic carbocycles. The number of hydrogen-bond acceptors (Lipinski definition) is 7. The summed E-state index contributed by atoms with van der Waals surface area (Å²) in [6.07, 6.45) is 5.02. The first-order valence-electron chi connectivity index (χ1n) is 8.92. The van der Waals surface area contributed by atoms with Gasteiger partial charge in [0.2, 0.25) is 5.88 Å². The normalized spacial score (nSPS) is 15.3. The predicted molar refractivity (Wildman–Crippen MR) is 108 cm³/mol. The van der Waals surface area contributed by atoms with Gasteiger partial charge in [-0.25, -0.2) is 9.79 Å². The molecule has 3 heterocycles. The topological polar surface area (TPSA) is 134 Å². The highest BCUT2D eigenvalue weighted by Crippen LogP contribution is 2.28. The molecule has 0 aliphatic heterocycles. The fraction of sp³-hybridized carbons (Fsp3) is 0.167. The quantitative estimate of drug-likeness (QED) is 0.436. The van der Waals surface area contributed by atoms with Crippen molar-refractivity contribution in [3.05, 3.63) is 61.5 Å². The first-order valence-corrected chi connectivity index (χ1v) is 9.67. The number of nitrogens with one attached hydrogen (secondary N) is 2. The minimum Gasteiger partial charge on any atom is -0.493 e. The van der Waals surface area contributed by atoms with E-state index in [2.05, 4.69) is 30.0 Å². The van der Waals surface area contributed by atoms with E-state index in [4.69, 9.17) is 27.9 Å². The minimum atomic E-state index is -0.530. The van der Waals surface area contributed by atoms with Gasteiger partial charge in [0, 0.05) is 11.3 Å². The predicted octanol–water partition coefficient (Wildman–Crippen LogP) is 1.56. The fourth-order valence-corrected chi connectivity index (χ4v) is 3.04. The van der Waals surface area contributed by atoms with Crippen molar-refractivity contribution in [2.24, 2.45) is 4.99 Å². The summed E-state index contributed by atoms with van der Waals surface area (Å²) < 4.78 is 7.25. The molecule has 1 saturated carbocycles.